The summed E-state index contributed by atoms with van der Waals surface area (Å²) in [5, 5.41) is 6.06. The molecule has 3 heteroatoms. The van der Waals surface area contributed by atoms with E-state index in [0.29, 0.717) is 0 Å². The van der Waals surface area contributed by atoms with Crippen LogP contribution in [0.3, 0.4) is 0 Å². The minimum absolute atomic E-state index is 0.0103. The Morgan fingerprint density at radius 1 is 1.12 bits per heavy atom. The van der Waals surface area contributed by atoms with Gasteiger partial charge >= 0.3 is 0 Å². The number of carbonyl (C=O) groups is 1. The first kappa shape index (κ1) is 15.4. The molecule has 0 saturated carbocycles. The monoisotopic (exact) mass is 228 g/mol. The second kappa shape index (κ2) is 9.64. The third-order valence-corrected chi connectivity index (χ3v) is 2.95. The first-order valence-electron chi connectivity index (χ1n) is 6.60. The average molecular weight is 228 g/mol. The van der Waals surface area contributed by atoms with Crippen LogP contribution in [0.25, 0.3) is 0 Å². The Balaban J connectivity index is 3.79. The number of likely N-dealkylation sites (N-methyl/N-ethyl adjacent to an activating group) is 1. The van der Waals surface area contributed by atoms with E-state index < -0.39 is 0 Å². The third kappa shape index (κ3) is 6.83. The first-order chi connectivity index (χ1) is 7.65. The summed E-state index contributed by atoms with van der Waals surface area (Å²) in [6.07, 6.45) is 5.64. The molecule has 2 N–H and O–H groups in total. The van der Waals surface area contributed by atoms with Crippen molar-refractivity contribution in [2.24, 2.45) is 5.92 Å². The number of hydrogen-bond acceptors (Lipinski definition) is 2. The van der Waals surface area contributed by atoms with Crippen molar-refractivity contribution in [1.29, 1.82) is 0 Å². The first-order valence-corrected chi connectivity index (χ1v) is 6.60. The zero-order chi connectivity index (χ0) is 12.4. The van der Waals surface area contributed by atoms with Crippen LogP contribution in [0.4, 0.5) is 0 Å². The molecule has 2 atom stereocenters. The Kier molecular flexibility index (Phi) is 9.30. The van der Waals surface area contributed by atoms with Crippen molar-refractivity contribution in [3.05, 3.63) is 0 Å². The van der Waals surface area contributed by atoms with Crippen LogP contribution in [0.1, 0.15) is 52.9 Å². The van der Waals surface area contributed by atoms with Gasteiger partial charge in [-0.15, -0.1) is 0 Å². The van der Waals surface area contributed by atoms with E-state index in [1.807, 2.05) is 0 Å². The van der Waals surface area contributed by atoms with Gasteiger partial charge in [0.1, 0.15) is 0 Å². The van der Waals surface area contributed by atoms with Gasteiger partial charge in [-0.2, -0.15) is 0 Å². The zero-order valence-corrected chi connectivity index (χ0v) is 11.3. The molecule has 96 valence electrons. The fraction of sp³-hybridized carbons (Fsp3) is 0.923. The molecule has 0 heterocycles. The average Bonchev–Trinajstić information content (AvgIpc) is 2.27. The fourth-order valence-corrected chi connectivity index (χ4v) is 1.93. The van der Waals surface area contributed by atoms with Crippen LogP contribution in [-0.4, -0.2) is 25.5 Å². The van der Waals surface area contributed by atoms with Crippen LogP contribution in [-0.2, 0) is 4.79 Å². The third-order valence-electron chi connectivity index (χ3n) is 2.95. The van der Waals surface area contributed by atoms with Gasteiger partial charge in [0.2, 0.25) is 5.91 Å². The molecule has 0 radical (unpaired) electrons. The van der Waals surface area contributed by atoms with Crippen LogP contribution in [0.2, 0.25) is 0 Å². The minimum atomic E-state index is -0.0103. The molecule has 0 aliphatic rings. The van der Waals surface area contributed by atoms with E-state index in [1.165, 1.54) is 12.8 Å². The molecule has 0 aromatic heterocycles. The Hall–Kier alpha value is -0.570. The second-order valence-corrected chi connectivity index (χ2v) is 4.59. The summed E-state index contributed by atoms with van der Waals surface area (Å²) >= 11 is 0. The molecule has 0 aromatic rings. The highest BCUT2D eigenvalue weighted by molar-refractivity contribution is 5.81. The molecule has 0 rings (SSSR count). The predicted molar refractivity (Wildman–Crippen MR) is 69.5 cm³/mol. The maximum Gasteiger partial charge on any atom is 0.236 e. The van der Waals surface area contributed by atoms with E-state index in [9.17, 15) is 4.79 Å². The van der Waals surface area contributed by atoms with Crippen molar-refractivity contribution in [1.82, 2.24) is 10.6 Å². The van der Waals surface area contributed by atoms with E-state index in [2.05, 4.69) is 31.4 Å². The normalized spacial score (nSPS) is 14.5. The standard InChI is InChI=1S/C13H28N2O/c1-5-7-11(3)9-10-15-12(8-6-2)13(16)14-4/h11-12,15H,5-10H2,1-4H3,(H,14,16)/t11?,12-/m0/s1. The molecule has 0 fully saturated rings. The second-order valence-electron chi connectivity index (χ2n) is 4.59. The van der Waals surface area contributed by atoms with E-state index >= 15 is 0 Å². The molecule has 0 aromatic carbocycles. The highest BCUT2D eigenvalue weighted by Crippen LogP contribution is 2.09. The molecule has 0 aliphatic carbocycles. The van der Waals surface area contributed by atoms with Gasteiger partial charge in [0, 0.05) is 7.05 Å². The maximum absolute atomic E-state index is 11.5. The van der Waals surface area contributed by atoms with Crippen molar-refractivity contribution in [3.8, 4) is 0 Å². The lowest BCUT2D eigenvalue weighted by Crippen LogP contribution is -2.43. The summed E-state index contributed by atoms with van der Waals surface area (Å²) in [4.78, 5) is 11.5. The van der Waals surface area contributed by atoms with Crippen LogP contribution in [0.5, 0.6) is 0 Å². The SMILES string of the molecule is CCCC(C)CCN[C@@H](CCC)C(=O)NC. The van der Waals surface area contributed by atoms with Gasteiger partial charge in [0.15, 0.2) is 0 Å². The summed E-state index contributed by atoms with van der Waals surface area (Å²) in [6.45, 7) is 7.55. The van der Waals surface area contributed by atoms with Gasteiger partial charge in [-0.1, -0.05) is 40.0 Å². The van der Waals surface area contributed by atoms with Crippen molar-refractivity contribution in [3.63, 3.8) is 0 Å². The Bertz CT molecular complexity index is 183. The predicted octanol–water partition coefficient (Wildman–Crippen LogP) is 2.32. The lowest BCUT2D eigenvalue weighted by atomic mass is 10.0. The molecule has 0 saturated heterocycles. The van der Waals surface area contributed by atoms with Crippen LogP contribution in [0, 0.1) is 5.92 Å². The highest BCUT2D eigenvalue weighted by atomic mass is 16.2. The molecule has 16 heavy (non-hydrogen) atoms. The van der Waals surface area contributed by atoms with Crippen LogP contribution in [0.15, 0.2) is 0 Å². The quantitative estimate of drug-likeness (QED) is 0.636. The van der Waals surface area contributed by atoms with Gasteiger partial charge < -0.3 is 10.6 Å². The summed E-state index contributed by atoms with van der Waals surface area (Å²) in [7, 11) is 1.70. The largest absolute Gasteiger partial charge is 0.358 e. The van der Waals surface area contributed by atoms with E-state index in [-0.39, 0.29) is 11.9 Å². The van der Waals surface area contributed by atoms with Gasteiger partial charge in [-0.25, -0.2) is 0 Å². The minimum Gasteiger partial charge on any atom is -0.358 e. The number of rotatable bonds is 9. The molecule has 0 spiro atoms. The summed E-state index contributed by atoms with van der Waals surface area (Å²) in [6, 6.07) is -0.0103. The molecule has 0 bridgehead atoms. The number of hydrogen-bond donors (Lipinski definition) is 2. The number of nitrogens with one attached hydrogen (secondary N) is 2. The molecular formula is C13H28N2O. The topological polar surface area (TPSA) is 41.1 Å². The smallest absolute Gasteiger partial charge is 0.236 e. The Morgan fingerprint density at radius 3 is 2.25 bits per heavy atom. The summed E-state index contributed by atoms with van der Waals surface area (Å²) < 4.78 is 0. The Labute approximate surface area is 100 Å². The van der Waals surface area contributed by atoms with Gasteiger partial charge in [0.05, 0.1) is 6.04 Å². The highest BCUT2D eigenvalue weighted by Gasteiger charge is 2.14. The zero-order valence-electron chi connectivity index (χ0n) is 11.3. The summed E-state index contributed by atoms with van der Waals surface area (Å²) in [5.74, 6) is 0.870. The summed E-state index contributed by atoms with van der Waals surface area (Å²) in [5.41, 5.74) is 0. The lowest BCUT2D eigenvalue weighted by molar-refractivity contribution is -0.122. The Morgan fingerprint density at radius 2 is 1.75 bits per heavy atom. The van der Waals surface area contributed by atoms with Crippen molar-refractivity contribution in [2.45, 2.75) is 58.9 Å². The van der Waals surface area contributed by atoms with E-state index in [1.54, 1.807) is 7.05 Å². The number of amides is 1. The maximum atomic E-state index is 11.5. The lowest BCUT2D eigenvalue weighted by Gasteiger charge is -2.18. The number of carbonyl (C=O) groups excluding carboxylic acids is 1. The van der Waals surface area contributed by atoms with Crippen molar-refractivity contribution < 1.29 is 4.79 Å². The van der Waals surface area contributed by atoms with Gasteiger partial charge in [0.25, 0.3) is 0 Å². The van der Waals surface area contributed by atoms with Gasteiger partial charge in [-0.3, -0.25) is 4.79 Å². The molecule has 0 aliphatic heterocycles. The van der Waals surface area contributed by atoms with Crippen LogP contribution < -0.4 is 10.6 Å². The molecule has 3 nitrogen and oxygen atoms in total. The van der Waals surface area contributed by atoms with E-state index in [4.69, 9.17) is 0 Å². The molecule has 1 unspecified atom stereocenters. The van der Waals surface area contributed by atoms with E-state index in [0.717, 1.165) is 31.7 Å². The molecular weight excluding hydrogens is 200 g/mol. The van der Waals surface area contributed by atoms with Crippen molar-refractivity contribution in [2.75, 3.05) is 13.6 Å². The van der Waals surface area contributed by atoms with Crippen molar-refractivity contribution >= 4 is 5.91 Å². The fourth-order valence-electron chi connectivity index (χ4n) is 1.93. The van der Waals surface area contributed by atoms with Crippen LogP contribution >= 0.6 is 0 Å². The molecule has 1 amide bonds. The van der Waals surface area contributed by atoms with Gasteiger partial charge in [-0.05, 0) is 25.3 Å².